The van der Waals surface area contributed by atoms with Gasteiger partial charge in [0.05, 0.1) is 6.04 Å². The zero-order valence-corrected chi connectivity index (χ0v) is 13.4. The number of nitrogens with two attached hydrogens (primary N) is 1. The topological polar surface area (TPSA) is 38.0 Å². The summed E-state index contributed by atoms with van der Waals surface area (Å²) in [6.45, 7) is 0. The van der Waals surface area contributed by atoms with E-state index in [-0.39, 0.29) is 0 Å². The van der Waals surface area contributed by atoms with Crippen LogP contribution >= 0.6 is 38.5 Å². The molecule has 2 nitrogen and oxygen atoms in total. The minimum atomic E-state index is -0.625. The fraction of sp³-hybridized carbons (Fsp3) is 0.0769. The van der Waals surface area contributed by atoms with Gasteiger partial charge in [-0.25, -0.2) is 14.2 Å². The standard InChI is InChI=1S/C13H10BrF2IN2/c14-8-1-2-12(17)11(5-8)13(19-18)7-3-9(15)6-10(16)4-7/h1-6,13,19H,18H2. The Morgan fingerprint density at radius 3 is 2.32 bits per heavy atom. The highest BCUT2D eigenvalue weighted by molar-refractivity contribution is 14.1. The van der Waals surface area contributed by atoms with Crippen molar-refractivity contribution in [3.8, 4) is 0 Å². The van der Waals surface area contributed by atoms with Crippen molar-refractivity contribution >= 4 is 38.5 Å². The summed E-state index contributed by atoms with van der Waals surface area (Å²) < 4.78 is 28.4. The fourth-order valence-electron chi connectivity index (χ4n) is 1.84. The highest BCUT2D eigenvalue weighted by Gasteiger charge is 2.17. The molecule has 1 atom stereocenters. The molecule has 0 bridgehead atoms. The van der Waals surface area contributed by atoms with Gasteiger partial charge in [0, 0.05) is 14.1 Å². The lowest BCUT2D eigenvalue weighted by Crippen LogP contribution is -2.29. The number of halogens is 4. The number of benzene rings is 2. The van der Waals surface area contributed by atoms with Crippen molar-refractivity contribution in [3.63, 3.8) is 0 Å². The number of hydrazine groups is 1. The van der Waals surface area contributed by atoms with Crippen LogP contribution in [0, 0.1) is 15.2 Å². The average Bonchev–Trinajstić information content (AvgIpc) is 2.33. The summed E-state index contributed by atoms with van der Waals surface area (Å²) in [6.07, 6.45) is 0. The lowest BCUT2D eigenvalue weighted by atomic mass is 9.99. The van der Waals surface area contributed by atoms with Crippen LogP contribution in [0.1, 0.15) is 17.2 Å². The predicted molar refractivity (Wildman–Crippen MR) is 82.4 cm³/mol. The SMILES string of the molecule is NNC(c1cc(F)cc(F)c1)c1cc(Br)ccc1I. The number of hydrogen-bond acceptors (Lipinski definition) is 2. The molecule has 0 aliphatic carbocycles. The molecule has 0 saturated carbocycles. The van der Waals surface area contributed by atoms with Crippen molar-refractivity contribution < 1.29 is 8.78 Å². The quantitative estimate of drug-likeness (QED) is 0.433. The van der Waals surface area contributed by atoms with Gasteiger partial charge in [0.15, 0.2) is 0 Å². The molecule has 0 spiro atoms. The van der Waals surface area contributed by atoms with Gasteiger partial charge >= 0.3 is 0 Å². The van der Waals surface area contributed by atoms with Crippen LogP contribution < -0.4 is 11.3 Å². The van der Waals surface area contributed by atoms with E-state index in [4.69, 9.17) is 5.84 Å². The molecular weight excluding hydrogens is 429 g/mol. The van der Waals surface area contributed by atoms with Crippen LogP contribution in [0.15, 0.2) is 40.9 Å². The lowest BCUT2D eigenvalue weighted by molar-refractivity contribution is 0.565. The van der Waals surface area contributed by atoms with Crippen molar-refractivity contribution in [2.24, 2.45) is 5.84 Å². The zero-order chi connectivity index (χ0) is 14.0. The first-order chi connectivity index (χ1) is 9.01. The first-order valence-electron chi connectivity index (χ1n) is 5.38. The summed E-state index contributed by atoms with van der Waals surface area (Å²) >= 11 is 5.53. The summed E-state index contributed by atoms with van der Waals surface area (Å²) in [6, 6.07) is 8.56. The molecule has 2 rings (SSSR count). The Labute approximate surface area is 131 Å². The molecule has 1 unspecified atom stereocenters. The van der Waals surface area contributed by atoms with Crippen molar-refractivity contribution in [1.29, 1.82) is 0 Å². The Morgan fingerprint density at radius 2 is 1.74 bits per heavy atom. The molecule has 6 heteroatoms. The first-order valence-corrected chi connectivity index (χ1v) is 7.25. The van der Waals surface area contributed by atoms with Crippen molar-refractivity contribution in [2.75, 3.05) is 0 Å². The lowest BCUT2D eigenvalue weighted by Gasteiger charge is -2.19. The van der Waals surface area contributed by atoms with Gasteiger partial charge in [0.25, 0.3) is 0 Å². The van der Waals surface area contributed by atoms with Crippen molar-refractivity contribution in [3.05, 3.63) is 67.2 Å². The summed E-state index contributed by atoms with van der Waals surface area (Å²) in [4.78, 5) is 0. The third-order valence-electron chi connectivity index (χ3n) is 2.65. The smallest absolute Gasteiger partial charge is 0.126 e. The molecule has 0 heterocycles. The van der Waals surface area contributed by atoms with E-state index in [0.717, 1.165) is 19.7 Å². The Hall–Kier alpha value is -0.570. The van der Waals surface area contributed by atoms with Crippen LogP contribution in [0.4, 0.5) is 8.78 Å². The molecule has 0 amide bonds. The number of rotatable bonds is 3. The van der Waals surface area contributed by atoms with Crippen LogP contribution in [0.5, 0.6) is 0 Å². The molecule has 2 aromatic rings. The maximum Gasteiger partial charge on any atom is 0.126 e. The number of hydrogen-bond donors (Lipinski definition) is 2. The minimum absolute atomic E-state index is 0.441. The van der Waals surface area contributed by atoms with Crippen LogP contribution in [-0.4, -0.2) is 0 Å². The van der Waals surface area contributed by atoms with E-state index in [1.54, 1.807) is 0 Å². The highest BCUT2D eigenvalue weighted by atomic mass is 127. The van der Waals surface area contributed by atoms with Gasteiger partial charge in [0.1, 0.15) is 11.6 Å². The van der Waals surface area contributed by atoms with Gasteiger partial charge in [-0.2, -0.15) is 0 Å². The fourth-order valence-corrected chi connectivity index (χ4v) is 2.87. The molecule has 19 heavy (non-hydrogen) atoms. The van der Waals surface area contributed by atoms with Crippen molar-refractivity contribution in [1.82, 2.24) is 5.43 Å². The maximum atomic E-state index is 13.3. The number of nitrogens with one attached hydrogen (secondary N) is 1. The second-order valence-corrected chi connectivity index (χ2v) is 6.05. The second kappa shape index (κ2) is 6.25. The van der Waals surface area contributed by atoms with E-state index < -0.39 is 17.7 Å². The molecule has 100 valence electrons. The summed E-state index contributed by atoms with van der Waals surface area (Å²) in [5, 5.41) is 0. The maximum absolute atomic E-state index is 13.3. The largest absolute Gasteiger partial charge is 0.271 e. The van der Waals surface area contributed by atoms with E-state index >= 15 is 0 Å². The average molecular weight is 439 g/mol. The molecule has 0 radical (unpaired) electrons. The normalized spacial score (nSPS) is 12.5. The van der Waals surface area contributed by atoms with Gasteiger partial charge in [-0.3, -0.25) is 5.84 Å². The Kier molecular flexibility index (Phi) is 4.88. The van der Waals surface area contributed by atoms with Gasteiger partial charge in [-0.1, -0.05) is 15.9 Å². The Morgan fingerprint density at radius 1 is 1.11 bits per heavy atom. The van der Waals surface area contributed by atoms with E-state index in [2.05, 4.69) is 43.9 Å². The molecule has 0 aliphatic heterocycles. The highest BCUT2D eigenvalue weighted by Crippen LogP contribution is 2.29. The molecule has 0 fully saturated rings. The van der Waals surface area contributed by atoms with E-state index in [0.29, 0.717) is 5.56 Å². The van der Waals surface area contributed by atoms with Crippen LogP contribution in [0.25, 0.3) is 0 Å². The van der Waals surface area contributed by atoms with Crippen LogP contribution in [-0.2, 0) is 0 Å². The van der Waals surface area contributed by atoms with Crippen LogP contribution in [0.3, 0.4) is 0 Å². The van der Waals surface area contributed by atoms with Gasteiger partial charge in [-0.15, -0.1) is 0 Å². The third-order valence-corrected chi connectivity index (χ3v) is 4.13. The van der Waals surface area contributed by atoms with Gasteiger partial charge < -0.3 is 0 Å². The second-order valence-electron chi connectivity index (χ2n) is 3.97. The molecular formula is C13H10BrF2IN2. The Bertz CT molecular complexity index is 587. The van der Waals surface area contributed by atoms with Crippen LogP contribution in [0.2, 0.25) is 0 Å². The van der Waals surface area contributed by atoms with Gasteiger partial charge in [0.2, 0.25) is 0 Å². The molecule has 0 aromatic heterocycles. The first kappa shape index (κ1) is 14.8. The van der Waals surface area contributed by atoms with E-state index in [9.17, 15) is 8.78 Å². The molecule has 0 saturated heterocycles. The molecule has 3 N–H and O–H groups in total. The van der Waals surface area contributed by atoms with E-state index in [1.165, 1.54) is 12.1 Å². The predicted octanol–water partition coefficient (Wildman–Crippen LogP) is 3.88. The van der Waals surface area contributed by atoms with Gasteiger partial charge in [-0.05, 0) is 64.0 Å². The molecule has 0 aliphatic rings. The molecule has 2 aromatic carbocycles. The summed E-state index contributed by atoms with van der Waals surface area (Å²) in [7, 11) is 0. The monoisotopic (exact) mass is 438 g/mol. The van der Waals surface area contributed by atoms with E-state index in [1.807, 2.05) is 18.2 Å². The third kappa shape index (κ3) is 3.50. The summed E-state index contributed by atoms with van der Waals surface area (Å²) in [5.74, 6) is 4.29. The summed E-state index contributed by atoms with van der Waals surface area (Å²) in [5.41, 5.74) is 3.89. The minimum Gasteiger partial charge on any atom is -0.271 e. The Balaban J connectivity index is 2.52. The zero-order valence-electron chi connectivity index (χ0n) is 9.63. The van der Waals surface area contributed by atoms with Crippen molar-refractivity contribution in [2.45, 2.75) is 6.04 Å².